The van der Waals surface area contributed by atoms with Gasteiger partial charge in [-0.1, -0.05) is 48.5 Å². The van der Waals surface area contributed by atoms with Crippen LogP contribution in [-0.4, -0.2) is 28.8 Å². The number of carbonyl (C=O) groups is 2. The maximum absolute atomic E-state index is 14.0. The Kier molecular flexibility index (Phi) is 4.17. The SMILES string of the molecule is COc1cc([N+](=O)[O-])ccc1N1C(=O)[C@@H]2C3c4ccccc4C([N+](=O)[O-])(c4ccccc43)[C@H]2C1=O. The number of amides is 2. The Labute approximate surface area is 198 Å². The summed E-state index contributed by atoms with van der Waals surface area (Å²) in [6.07, 6.45) is 0. The lowest BCUT2D eigenvalue weighted by Gasteiger charge is -2.48. The summed E-state index contributed by atoms with van der Waals surface area (Å²) in [7, 11) is 1.27. The van der Waals surface area contributed by atoms with Gasteiger partial charge in [-0.05, 0) is 17.2 Å². The Morgan fingerprint density at radius 2 is 1.49 bits per heavy atom. The quantitative estimate of drug-likeness (QED) is 0.324. The molecule has 1 aliphatic heterocycles. The van der Waals surface area contributed by atoms with E-state index >= 15 is 0 Å². The molecule has 0 radical (unpaired) electrons. The first-order chi connectivity index (χ1) is 16.8. The van der Waals surface area contributed by atoms with Gasteiger partial charge >= 0.3 is 0 Å². The number of imide groups is 1. The van der Waals surface area contributed by atoms with E-state index in [1.54, 1.807) is 48.5 Å². The molecule has 7 rings (SSSR count). The molecule has 3 aliphatic carbocycles. The standard InChI is InChI=1S/C25H17N3O7/c1-35-19-12-13(27(31)32)10-11-18(19)26-23(29)21-20-14-6-2-4-8-16(14)25(28(33)34,22(21)24(26)30)17-9-5-3-7-15(17)20/h2-12,20-22H,1H3/t20?,21-,22-,25?/m1/s1. The second-order valence-corrected chi connectivity index (χ2v) is 8.80. The number of nitro groups is 2. The summed E-state index contributed by atoms with van der Waals surface area (Å²) in [6, 6.07) is 17.4. The van der Waals surface area contributed by atoms with E-state index in [1.807, 2.05) is 0 Å². The van der Waals surface area contributed by atoms with E-state index < -0.39 is 45.0 Å². The maximum atomic E-state index is 14.0. The smallest absolute Gasteiger partial charge is 0.285 e. The zero-order valence-electron chi connectivity index (χ0n) is 18.3. The first kappa shape index (κ1) is 21.0. The number of methoxy groups -OCH3 is 1. The van der Waals surface area contributed by atoms with Gasteiger partial charge in [0.15, 0.2) is 0 Å². The van der Waals surface area contributed by atoms with Gasteiger partial charge in [-0.3, -0.25) is 29.8 Å². The third-order valence-electron chi connectivity index (χ3n) is 7.48. The van der Waals surface area contributed by atoms with Gasteiger partial charge in [-0.15, -0.1) is 0 Å². The lowest BCUT2D eigenvalue weighted by Crippen LogP contribution is -2.57. The van der Waals surface area contributed by atoms with Crippen LogP contribution in [0.3, 0.4) is 0 Å². The molecule has 3 aromatic carbocycles. The Bertz CT molecular complexity index is 1440. The van der Waals surface area contributed by atoms with Crippen molar-refractivity contribution in [1.82, 2.24) is 0 Å². The predicted molar refractivity (Wildman–Crippen MR) is 122 cm³/mol. The van der Waals surface area contributed by atoms with Crippen LogP contribution in [0.2, 0.25) is 0 Å². The Hall–Kier alpha value is -4.60. The summed E-state index contributed by atoms with van der Waals surface area (Å²) in [5.74, 6) is -4.18. The first-order valence-electron chi connectivity index (χ1n) is 10.9. The van der Waals surface area contributed by atoms with Crippen LogP contribution in [0, 0.1) is 32.1 Å². The molecule has 0 saturated carbocycles. The fourth-order valence-electron chi connectivity index (χ4n) is 6.24. The predicted octanol–water partition coefficient (Wildman–Crippen LogP) is 3.39. The van der Waals surface area contributed by atoms with E-state index in [9.17, 15) is 29.8 Å². The molecule has 3 aromatic rings. The lowest BCUT2D eigenvalue weighted by molar-refractivity contribution is -0.578. The summed E-state index contributed by atoms with van der Waals surface area (Å²) >= 11 is 0. The zero-order chi connectivity index (χ0) is 24.6. The Morgan fingerprint density at radius 3 is 2.03 bits per heavy atom. The van der Waals surface area contributed by atoms with Crippen LogP contribution in [0.25, 0.3) is 0 Å². The van der Waals surface area contributed by atoms with Crippen molar-refractivity contribution in [2.24, 2.45) is 11.8 Å². The number of benzene rings is 3. The van der Waals surface area contributed by atoms with Crippen LogP contribution in [0.15, 0.2) is 66.7 Å². The van der Waals surface area contributed by atoms with Gasteiger partial charge in [-0.25, -0.2) is 4.90 Å². The van der Waals surface area contributed by atoms with Crippen LogP contribution in [-0.2, 0) is 15.1 Å². The summed E-state index contributed by atoms with van der Waals surface area (Å²) in [5, 5.41) is 24.2. The van der Waals surface area contributed by atoms with E-state index in [0.717, 1.165) is 11.0 Å². The number of nitro benzene ring substituents is 1. The second kappa shape index (κ2) is 6.95. The van der Waals surface area contributed by atoms with Crippen molar-refractivity contribution in [3.05, 3.63) is 109 Å². The minimum absolute atomic E-state index is 0.0218. The lowest BCUT2D eigenvalue weighted by atomic mass is 9.51. The van der Waals surface area contributed by atoms with Gasteiger partial charge in [0, 0.05) is 28.0 Å². The number of rotatable bonds is 4. The molecule has 1 fully saturated rings. The van der Waals surface area contributed by atoms with Crippen molar-refractivity contribution < 1.29 is 24.2 Å². The zero-order valence-corrected chi connectivity index (χ0v) is 18.3. The van der Waals surface area contributed by atoms with Crippen LogP contribution < -0.4 is 9.64 Å². The number of carbonyl (C=O) groups excluding carboxylic acids is 2. The van der Waals surface area contributed by atoms with E-state index in [0.29, 0.717) is 22.3 Å². The van der Waals surface area contributed by atoms with E-state index in [4.69, 9.17) is 4.74 Å². The third kappa shape index (κ3) is 2.38. The van der Waals surface area contributed by atoms with Gasteiger partial charge in [-0.2, -0.15) is 0 Å². The molecular weight excluding hydrogens is 454 g/mol. The fourth-order valence-corrected chi connectivity index (χ4v) is 6.24. The second-order valence-electron chi connectivity index (χ2n) is 8.80. The average molecular weight is 471 g/mol. The van der Waals surface area contributed by atoms with Crippen LogP contribution in [0.5, 0.6) is 5.75 Å². The van der Waals surface area contributed by atoms with Gasteiger partial charge < -0.3 is 4.74 Å². The highest BCUT2D eigenvalue weighted by Crippen LogP contribution is 2.64. The molecule has 35 heavy (non-hydrogen) atoms. The summed E-state index contributed by atoms with van der Waals surface area (Å²) < 4.78 is 5.28. The topological polar surface area (TPSA) is 133 Å². The van der Waals surface area contributed by atoms with Crippen molar-refractivity contribution in [3.8, 4) is 5.75 Å². The number of anilines is 1. The molecule has 0 unspecified atom stereocenters. The number of ether oxygens (including phenoxy) is 1. The van der Waals surface area contributed by atoms with Crippen LogP contribution in [0.4, 0.5) is 11.4 Å². The van der Waals surface area contributed by atoms with E-state index in [-0.39, 0.29) is 17.1 Å². The number of non-ortho nitro benzene ring substituents is 1. The molecular formula is C25H17N3O7. The Morgan fingerprint density at radius 1 is 0.886 bits per heavy atom. The molecule has 10 nitrogen and oxygen atoms in total. The number of hydrogen-bond donors (Lipinski definition) is 0. The molecule has 10 heteroatoms. The van der Waals surface area contributed by atoms with Gasteiger partial charge in [0.25, 0.3) is 11.2 Å². The minimum atomic E-state index is -1.94. The molecule has 2 bridgehead atoms. The molecule has 0 aromatic heterocycles. The first-order valence-corrected chi connectivity index (χ1v) is 10.9. The highest BCUT2D eigenvalue weighted by atomic mass is 16.6. The summed E-state index contributed by atoms with van der Waals surface area (Å²) in [6.45, 7) is 0. The molecule has 2 atom stereocenters. The van der Waals surface area contributed by atoms with Crippen molar-refractivity contribution in [2.45, 2.75) is 11.5 Å². The molecule has 0 spiro atoms. The van der Waals surface area contributed by atoms with Crippen LogP contribution >= 0.6 is 0 Å². The molecule has 0 N–H and O–H groups in total. The largest absolute Gasteiger partial charge is 0.494 e. The Balaban J connectivity index is 1.62. The average Bonchev–Trinajstić information content (AvgIpc) is 3.13. The van der Waals surface area contributed by atoms with Crippen molar-refractivity contribution in [2.75, 3.05) is 12.0 Å². The van der Waals surface area contributed by atoms with Crippen LogP contribution in [0.1, 0.15) is 28.2 Å². The highest BCUT2D eigenvalue weighted by Gasteiger charge is 2.75. The van der Waals surface area contributed by atoms with E-state index in [2.05, 4.69) is 0 Å². The summed E-state index contributed by atoms with van der Waals surface area (Å²) in [4.78, 5) is 51.9. The molecule has 2 amide bonds. The van der Waals surface area contributed by atoms with Crippen molar-refractivity contribution in [1.29, 1.82) is 0 Å². The molecule has 174 valence electrons. The van der Waals surface area contributed by atoms with Crippen molar-refractivity contribution in [3.63, 3.8) is 0 Å². The van der Waals surface area contributed by atoms with Gasteiger partial charge in [0.05, 0.1) is 29.7 Å². The molecule has 1 heterocycles. The highest BCUT2D eigenvalue weighted by molar-refractivity contribution is 6.24. The van der Waals surface area contributed by atoms with E-state index in [1.165, 1.54) is 19.2 Å². The number of hydrogen-bond acceptors (Lipinski definition) is 7. The monoisotopic (exact) mass is 471 g/mol. The normalized spacial score (nSPS) is 25.6. The third-order valence-corrected chi connectivity index (χ3v) is 7.48. The fraction of sp³-hybridized carbons (Fsp3) is 0.200. The number of nitrogens with zero attached hydrogens (tertiary/aromatic N) is 3. The minimum Gasteiger partial charge on any atom is -0.494 e. The van der Waals surface area contributed by atoms with Gasteiger partial charge in [0.1, 0.15) is 11.7 Å². The molecule has 1 saturated heterocycles. The van der Waals surface area contributed by atoms with Gasteiger partial charge in [0.2, 0.25) is 11.8 Å². The molecule has 4 aliphatic rings. The summed E-state index contributed by atoms with van der Waals surface area (Å²) in [5.41, 5.74) is -0.0626. The maximum Gasteiger partial charge on any atom is 0.285 e. The van der Waals surface area contributed by atoms with Crippen molar-refractivity contribution >= 4 is 23.2 Å².